The summed E-state index contributed by atoms with van der Waals surface area (Å²) >= 11 is 0. The molecule has 1 N–H and O–H groups in total. The van der Waals surface area contributed by atoms with Crippen LogP contribution in [0.5, 0.6) is 0 Å². The fourth-order valence-corrected chi connectivity index (χ4v) is 2.59. The lowest BCUT2D eigenvalue weighted by molar-refractivity contribution is -0.143. The van der Waals surface area contributed by atoms with E-state index in [1.54, 1.807) is 0 Å². The van der Waals surface area contributed by atoms with Crippen LogP contribution in [0, 0.1) is 5.41 Å². The maximum Gasteiger partial charge on any atom is 0.323 e. The molecule has 2 saturated heterocycles. The number of hydrogen-bond acceptors (Lipinski definition) is 5. The fourth-order valence-electron chi connectivity index (χ4n) is 2.59. The molecule has 2 rings (SSSR count). The zero-order valence-corrected chi connectivity index (χ0v) is 12.3. The highest BCUT2D eigenvalue weighted by Crippen LogP contribution is 2.21. The number of hydrogen-bond donors (Lipinski definition) is 1. The van der Waals surface area contributed by atoms with Crippen LogP contribution in [-0.4, -0.2) is 72.4 Å². The summed E-state index contributed by atoms with van der Waals surface area (Å²) < 4.78 is 5.02. The van der Waals surface area contributed by atoms with Crippen LogP contribution in [0.3, 0.4) is 0 Å². The summed E-state index contributed by atoms with van der Waals surface area (Å²) in [5, 5.41) is 10.1. The zero-order valence-electron chi connectivity index (χ0n) is 12.3. The standard InChI is InChI=1S/C14H26N2O3/c1-14(2,3)12(17)10-15-5-7-16(8-6-15)11-4-9-19-13(11)18/h11-12,17H,4-10H2,1-3H3/t11-,12+/m1/s1. The molecule has 2 heterocycles. The molecule has 0 radical (unpaired) electrons. The smallest absolute Gasteiger partial charge is 0.323 e. The van der Waals surface area contributed by atoms with Gasteiger partial charge in [-0.15, -0.1) is 0 Å². The summed E-state index contributed by atoms with van der Waals surface area (Å²) in [6, 6.07) is -0.0327. The monoisotopic (exact) mass is 270 g/mol. The van der Waals surface area contributed by atoms with Crippen molar-refractivity contribution in [1.29, 1.82) is 0 Å². The van der Waals surface area contributed by atoms with Crippen molar-refractivity contribution in [1.82, 2.24) is 9.80 Å². The lowest BCUT2D eigenvalue weighted by Crippen LogP contribution is -2.53. The van der Waals surface area contributed by atoms with E-state index >= 15 is 0 Å². The molecule has 0 aromatic carbocycles. The topological polar surface area (TPSA) is 53.0 Å². The fraction of sp³-hybridized carbons (Fsp3) is 0.929. The van der Waals surface area contributed by atoms with Crippen LogP contribution in [-0.2, 0) is 9.53 Å². The number of ether oxygens (including phenoxy) is 1. The molecule has 19 heavy (non-hydrogen) atoms. The second-order valence-electron chi connectivity index (χ2n) is 6.69. The molecule has 2 atom stereocenters. The van der Waals surface area contributed by atoms with Gasteiger partial charge in [0.1, 0.15) is 6.04 Å². The first-order valence-corrected chi connectivity index (χ1v) is 7.19. The molecule has 0 aromatic heterocycles. The summed E-state index contributed by atoms with van der Waals surface area (Å²) in [5.41, 5.74) is -0.0770. The maximum absolute atomic E-state index is 11.5. The third-order valence-electron chi connectivity index (χ3n) is 4.19. The normalized spacial score (nSPS) is 28.4. The first-order chi connectivity index (χ1) is 8.88. The van der Waals surface area contributed by atoms with E-state index < -0.39 is 0 Å². The molecule has 0 unspecified atom stereocenters. The van der Waals surface area contributed by atoms with E-state index in [2.05, 4.69) is 30.6 Å². The molecule has 0 bridgehead atoms. The summed E-state index contributed by atoms with van der Waals surface area (Å²) in [5.74, 6) is -0.0665. The van der Waals surface area contributed by atoms with Gasteiger partial charge in [0.25, 0.3) is 0 Å². The van der Waals surface area contributed by atoms with Crippen molar-refractivity contribution in [2.45, 2.75) is 39.3 Å². The van der Waals surface area contributed by atoms with Gasteiger partial charge in [-0.25, -0.2) is 0 Å². The highest BCUT2D eigenvalue weighted by atomic mass is 16.5. The van der Waals surface area contributed by atoms with Crippen LogP contribution >= 0.6 is 0 Å². The number of carbonyl (C=O) groups is 1. The van der Waals surface area contributed by atoms with Crippen molar-refractivity contribution in [3.8, 4) is 0 Å². The second-order valence-corrected chi connectivity index (χ2v) is 6.69. The molecule has 2 aliphatic rings. The Labute approximate surface area is 115 Å². The summed E-state index contributed by atoms with van der Waals surface area (Å²) in [4.78, 5) is 16.0. The van der Waals surface area contributed by atoms with Crippen molar-refractivity contribution in [2.24, 2.45) is 5.41 Å². The molecule has 2 aliphatic heterocycles. The van der Waals surface area contributed by atoms with Gasteiger partial charge in [-0.2, -0.15) is 0 Å². The van der Waals surface area contributed by atoms with E-state index in [9.17, 15) is 9.90 Å². The molecule has 110 valence electrons. The third-order valence-corrected chi connectivity index (χ3v) is 4.19. The number of esters is 1. The van der Waals surface area contributed by atoms with Crippen LogP contribution in [0.2, 0.25) is 0 Å². The van der Waals surface area contributed by atoms with E-state index in [-0.39, 0.29) is 23.5 Å². The highest BCUT2D eigenvalue weighted by Gasteiger charge is 2.34. The van der Waals surface area contributed by atoms with Gasteiger partial charge in [-0.1, -0.05) is 20.8 Å². The minimum atomic E-state index is -0.310. The molecule has 0 aromatic rings. The minimum absolute atomic E-state index is 0.0327. The number of aliphatic hydroxyl groups is 1. The molecular formula is C14H26N2O3. The number of nitrogens with zero attached hydrogens (tertiary/aromatic N) is 2. The SMILES string of the molecule is CC(C)(C)[C@@H](O)CN1CCN([C@@H]2CCOC2=O)CC1. The quantitative estimate of drug-likeness (QED) is 0.749. The van der Waals surface area contributed by atoms with Gasteiger partial charge < -0.3 is 9.84 Å². The van der Waals surface area contributed by atoms with Crippen LogP contribution in [0.4, 0.5) is 0 Å². The molecule has 0 spiro atoms. The van der Waals surface area contributed by atoms with Gasteiger partial charge in [-0.3, -0.25) is 14.6 Å². The van der Waals surface area contributed by atoms with E-state index in [4.69, 9.17) is 4.74 Å². The lowest BCUT2D eigenvalue weighted by Gasteiger charge is -2.39. The number of β-amino-alcohol motifs (C(OH)–C–C–N with tert-alkyl or cyclic N) is 1. The number of rotatable bonds is 3. The molecule has 5 heteroatoms. The Morgan fingerprint density at radius 1 is 1.32 bits per heavy atom. The van der Waals surface area contributed by atoms with Gasteiger partial charge in [0.2, 0.25) is 0 Å². The van der Waals surface area contributed by atoms with Gasteiger partial charge in [0.05, 0.1) is 12.7 Å². The molecular weight excluding hydrogens is 244 g/mol. The molecule has 0 aliphatic carbocycles. The van der Waals surface area contributed by atoms with Gasteiger partial charge in [0.15, 0.2) is 0 Å². The second kappa shape index (κ2) is 5.77. The van der Waals surface area contributed by atoms with Crippen molar-refractivity contribution < 1.29 is 14.6 Å². The van der Waals surface area contributed by atoms with Gasteiger partial charge in [0, 0.05) is 39.1 Å². The first kappa shape index (κ1) is 14.8. The third kappa shape index (κ3) is 3.68. The largest absolute Gasteiger partial charge is 0.464 e. The Kier molecular flexibility index (Phi) is 4.48. The first-order valence-electron chi connectivity index (χ1n) is 7.19. The molecule has 2 fully saturated rings. The summed E-state index contributed by atoms with van der Waals surface area (Å²) in [6.45, 7) is 11.0. The van der Waals surface area contributed by atoms with Crippen LogP contribution < -0.4 is 0 Å². The number of carbonyl (C=O) groups excluding carboxylic acids is 1. The van der Waals surface area contributed by atoms with Crippen LogP contribution in [0.25, 0.3) is 0 Å². The molecule has 5 nitrogen and oxygen atoms in total. The van der Waals surface area contributed by atoms with Crippen LogP contribution in [0.1, 0.15) is 27.2 Å². The van der Waals surface area contributed by atoms with Gasteiger partial charge >= 0.3 is 5.97 Å². The zero-order chi connectivity index (χ0) is 14.0. The Balaban J connectivity index is 1.78. The van der Waals surface area contributed by atoms with E-state index in [1.807, 2.05) is 0 Å². The predicted octanol–water partition coefficient (Wildman–Crippen LogP) is 0.327. The van der Waals surface area contributed by atoms with Crippen LogP contribution in [0.15, 0.2) is 0 Å². The molecule has 0 amide bonds. The average Bonchev–Trinajstić information content (AvgIpc) is 2.75. The summed E-state index contributed by atoms with van der Waals surface area (Å²) in [6.07, 6.45) is 0.513. The number of aliphatic hydroxyl groups excluding tert-OH is 1. The lowest BCUT2D eigenvalue weighted by atomic mass is 9.89. The molecule has 0 saturated carbocycles. The average molecular weight is 270 g/mol. The van der Waals surface area contributed by atoms with Crippen molar-refractivity contribution in [2.75, 3.05) is 39.3 Å². The Bertz CT molecular complexity index is 319. The van der Waals surface area contributed by atoms with Crippen molar-refractivity contribution in [3.05, 3.63) is 0 Å². The van der Waals surface area contributed by atoms with Gasteiger partial charge in [-0.05, 0) is 5.41 Å². The number of piperazine rings is 1. The van der Waals surface area contributed by atoms with Crippen molar-refractivity contribution >= 4 is 5.97 Å². The number of cyclic esters (lactones) is 1. The Hall–Kier alpha value is -0.650. The van der Waals surface area contributed by atoms with E-state index in [1.165, 1.54) is 0 Å². The minimum Gasteiger partial charge on any atom is -0.464 e. The Morgan fingerprint density at radius 2 is 1.95 bits per heavy atom. The predicted molar refractivity (Wildman–Crippen MR) is 72.8 cm³/mol. The van der Waals surface area contributed by atoms with E-state index in [0.29, 0.717) is 13.2 Å². The van der Waals surface area contributed by atoms with Crippen molar-refractivity contribution in [3.63, 3.8) is 0 Å². The Morgan fingerprint density at radius 3 is 2.42 bits per heavy atom. The highest BCUT2D eigenvalue weighted by molar-refractivity contribution is 5.77. The maximum atomic E-state index is 11.5. The summed E-state index contributed by atoms with van der Waals surface area (Å²) in [7, 11) is 0. The van der Waals surface area contributed by atoms with E-state index in [0.717, 1.165) is 32.6 Å².